The molecule has 2 N–H and O–H groups in total. The van der Waals surface area contributed by atoms with E-state index < -0.39 is 28.3 Å². The van der Waals surface area contributed by atoms with E-state index in [-0.39, 0.29) is 28.8 Å². The fourth-order valence-electron chi connectivity index (χ4n) is 5.39. The molecule has 29 heavy (non-hydrogen) atoms. The van der Waals surface area contributed by atoms with Gasteiger partial charge in [-0.3, -0.25) is 0 Å². The minimum Gasteiger partial charge on any atom is -0.368 e. The third kappa shape index (κ3) is 2.17. The third-order valence-corrected chi connectivity index (χ3v) is 6.77. The lowest BCUT2D eigenvalue weighted by atomic mass is 9.66. The summed E-state index contributed by atoms with van der Waals surface area (Å²) in [6, 6.07) is 5.35. The molecule has 2 aromatic heterocycles. The molecular formula is C21H18F3N5. The van der Waals surface area contributed by atoms with E-state index in [4.69, 9.17) is 5.73 Å². The van der Waals surface area contributed by atoms with Gasteiger partial charge in [0.1, 0.15) is 11.6 Å². The van der Waals surface area contributed by atoms with E-state index in [1.807, 2.05) is 13.8 Å². The summed E-state index contributed by atoms with van der Waals surface area (Å²) in [5, 5.41) is 8.49. The molecule has 0 spiro atoms. The fourth-order valence-corrected chi connectivity index (χ4v) is 5.39. The zero-order valence-corrected chi connectivity index (χ0v) is 15.9. The molecule has 2 aliphatic carbocycles. The van der Waals surface area contributed by atoms with Crippen LogP contribution < -0.4 is 5.73 Å². The normalized spacial score (nSPS) is 24.0. The van der Waals surface area contributed by atoms with Gasteiger partial charge in [-0.05, 0) is 47.9 Å². The molecule has 2 heterocycles. The van der Waals surface area contributed by atoms with Crippen molar-refractivity contribution in [3.8, 4) is 11.3 Å². The van der Waals surface area contributed by atoms with Crippen LogP contribution in [0.4, 0.5) is 19.1 Å². The maximum absolute atomic E-state index is 14.8. The highest BCUT2D eigenvalue weighted by atomic mass is 19.1. The van der Waals surface area contributed by atoms with Gasteiger partial charge in [0.15, 0.2) is 5.82 Å². The van der Waals surface area contributed by atoms with E-state index in [1.54, 1.807) is 6.07 Å². The largest absolute Gasteiger partial charge is 0.368 e. The second-order valence-electron chi connectivity index (χ2n) is 8.27. The predicted molar refractivity (Wildman–Crippen MR) is 100 cm³/mol. The zero-order valence-electron chi connectivity index (χ0n) is 15.9. The van der Waals surface area contributed by atoms with Crippen LogP contribution >= 0.6 is 0 Å². The molecule has 1 fully saturated rings. The van der Waals surface area contributed by atoms with Crippen molar-refractivity contribution in [3.05, 3.63) is 64.9 Å². The summed E-state index contributed by atoms with van der Waals surface area (Å²) >= 11 is 0. The molecule has 148 valence electrons. The molecule has 0 amide bonds. The lowest BCUT2D eigenvalue weighted by Gasteiger charge is -2.37. The maximum atomic E-state index is 14.8. The highest BCUT2D eigenvalue weighted by Crippen LogP contribution is 2.69. The molecule has 0 radical (unpaired) electrons. The summed E-state index contributed by atoms with van der Waals surface area (Å²) in [6.45, 7) is 4.07. The van der Waals surface area contributed by atoms with Crippen molar-refractivity contribution in [1.29, 1.82) is 0 Å². The number of benzene rings is 1. The first-order chi connectivity index (χ1) is 13.8. The average Bonchev–Trinajstić information content (AvgIpc) is 3.05. The summed E-state index contributed by atoms with van der Waals surface area (Å²) in [5.74, 6) is -1.94. The first-order valence-electron chi connectivity index (χ1n) is 9.38. The molecule has 1 unspecified atom stereocenters. The van der Waals surface area contributed by atoms with Gasteiger partial charge in [-0.25, -0.2) is 23.1 Å². The van der Waals surface area contributed by atoms with Crippen molar-refractivity contribution >= 4 is 5.95 Å². The van der Waals surface area contributed by atoms with Crippen LogP contribution in [0.3, 0.4) is 0 Å². The van der Waals surface area contributed by atoms with Gasteiger partial charge in [-0.1, -0.05) is 19.9 Å². The van der Waals surface area contributed by atoms with Crippen molar-refractivity contribution in [1.82, 2.24) is 20.2 Å². The Morgan fingerprint density at radius 3 is 2.48 bits per heavy atom. The maximum Gasteiger partial charge on any atom is 0.220 e. The highest BCUT2D eigenvalue weighted by molar-refractivity contribution is 5.64. The molecular weight excluding hydrogens is 379 g/mol. The number of rotatable bonds is 2. The summed E-state index contributed by atoms with van der Waals surface area (Å²) in [4.78, 5) is 7.97. The molecule has 5 rings (SSSR count). The third-order valence-electron chi connectivity index (χ3n) is 6.77. The number of hydrogen-bond donors (Lipinski definition) is 1. The number of anilines is 1. The van der Waals surface area contributed by atoms with E-state index in [9.17, 15) is 13.2 Å². The lowest BCUT2D eigenvalue weighted by Crippen LogP contribution is -2.39. The minimum atomic E-state index is -0.826. The Morgan fingerprint density at radius 1 is 1.03 bits per heavy atom. The van der Waals surface area contributed by atoms with E-state index >= 15 is 0 Å². The Morgan fingerprint density at radius 2 is 1.76 bits per heavy atom. The quantitative estimate of drug-likeness (QED) is 0.703. The molecule has 0 saturated heterocycles. The fraction of sp³-hybridized carbons (Fsp3) is 0.333. The number of hydrogen-bond acceptors (Lipinski definition) is 5. The summed E-state index contributed by atoms with van der Waals surface area (Å²) in [5.41, 5.74) is 6.03. The molecule has 2 aliphatic rings. The zero-order chi connectivity index (χ0) is 20.6. The van der Waals surface area contributed by atoms with Crippen molar-refractivity contribution in [2.75, 3.05) is 5.73 Å². The first-order valence-corrected chi connectivity index (χ1v) is 9.38. The summed E-state index contributed by atoms with van der Waals surface area (Å²) in [6.07, 6.45) is 2.48. The lowest BCUT2D eigenvalue weighted by molar-refractivity contribution is 0.236. The number of halogens is 3. The van der Waals surface area contributed by atoms with Gasteiger partial charge >= 0.3 is 0 Å². The standard InChI is InChI=1S/C21H18F3N5/c1-20(2)11-6-7-21(20,18-14(24)9-26-19(25)27-18)17-10(11)8-15(28-29-17)16-12(22)4-3-5-13(16)23/h3-5,8-9,11H,6-7H2,1-2H3,(H2,25,26,27)/t11?,21-/m1/s1. The molecule has 5 nitrogen and oxygen atoms in total. The SMILES string of the molecule is CC1(C)C2CC[C@]1(c1nc(N)ncc1F)c1nnc(-c3c(F)cccc3F)cc12. The highest BCUT2D eigenvalue weighted by Gasteiger charge is 2.65. The van der Waals surface area contributed by atoms with Crippen LogP contribution in [0.2, 0.25) is 0 Å². The van der Waals surface area contributed by atoms with Crippen molar-refractivity contribution in [2.45, 2.75) is 38.0 Å². The van der Waals surface area contributed by atoms with Gasteiger partial charge in [0.25, 0.3) is 0 Å². The second-order valence-corrected chi connectivity index (χ2v) is 8.27. The van der Waals surface area contributed by atoms with Crippen LogP contribution in [-0.4, -0.2) is 20.2 Å². The van der Waals surface area contributed by atoms with E-state index in [0.29, 0.717) is 12.1 Å². The van der Waals surface area contributed by atoms with Crippen LogP contribution in [0.1, 0.15) is 49.6 Å². The number of fused-ring (bicyclic) bond motifs is 5. The van der Waals surface area contributed by atoms with Crippen molar-refractivity contribution in [2.24, 2.45) is 5.41 Å². The number of nitrogen functional groups attached to an aromatic ring is 1. The van der Waals surface area contributed by atoms with Crippen LogP contribution in [0.5, 0.6) is 0 Å². The Kier molecular flexibility index (Phi) is 3.57. The van der Waals surface area contributed by atoms with Gasteiger partial charge in [-0.15, -0.1) is 5.10 Å². The molecule has 3 aromatic rings. The summed E-state index contributed by atoms with van der Waals surface area (Å²) < 4.78 is 43.4. The van der Waals surface area contributed by atoms with Gasteiger partial charge in [0.2, 0.25) is 5.95 Å². The number of nitrogens with zero attached hydrogens (tertiary/aromatic N) is 4. The van der Waals surface area contributed by atoms with Crippen molar-refractivity contribution < 1.29 is 13.2 Å². The predicted octanol–water partition coefficient (Wildman–Crippen LogP) is 4.14. The monoisotopic (exact) mass is 397 g/mol. The number of nitrogens with two attached hydrogens (primary N) is 1. The molecule has 2 bridgehead atoms. The smallest absolute Gasteiger partial charge is 0.220 e. The molecule has 1 saturated carbocycles. The average molecular weight is 397 g/mol. The first kappa shape index (κ1) is 18.0. The van der Waals surface area contributed by atoms with Gasteiger partial charge in [0, 0.05) is 0 Å². The molecule has 0 aliphatic heterocycles. The van der Waals surface area contributed by atoms with Gasteiger partial charge in [-0.2, -0.15) is 5.10 Å². The van der Waals surface area contributed by atoms with Gasteiger partial charge in [0.05, 0.1) is 34.3 Å². The molecule has 1 aromatic carbocycles. The Bertz CT molecular complexity index is 1140. The Hall–Kier alpha value is -3.03. The van der Waals surface area contributed by atoms with Crippen molar-refractivity contribution in [3.63, 3.8) is 0 Å². The topological polar surface area (TPSA) is 77.6 Å². The minimum absolute atomic E-state index is 0.0125. The van der Waals surface area contributed by atoms with E-state index in [1.165, 1.54) is 18.2 Å². The van der Waals surface area contributed by atoms with E-state index in [2.05, 4.69) is 20.2 Å². The Balaban J connectivity index is 1.76. The van der Waals surface area contributed by atoms with Crippen LogP contribution in [0.15, 0.2) is 30.5 Å². The summed E-state index contributed by atoms with van der Waals surface area (Å²) in [7, 11) is 0. The van der Waals surface area contributed by atoms with Crippen LogP contribution in [0.25, 0.3) is 11.3 Å². The van der Waals surface area contributed by atoms with E-state index in [0.717, 1.165) is 18.2 Å². The molecule has 8 heteroatoms. The number of aromatic nitrogens is 4. The van der Waals surface area contributed by atoms with Gasteiger partial charge < -0.3 is 5.73 Å². The van der Waals surface area contributed by atoms with Crippen LogP contribution in [-0.2, 0) is 5.41 Å². The Labute approximate surface area is 165 Å². The molecule has 2 atom stereocenters. The van der Waals surface area contributed by atoms with Crippen LogP contribution in [0, 0.1) is 22.9 Å². The second kappa shape index (κ2) is 5.75.